The zero-order chi connectivity index (χ0) is 12.1. The Balaban J connectivity index is 1.95. The third-order valence-corrected chi connectivity index (χ3v) is 2.78. The maximum atomic E-state index is 6.04. The van der Waals surface area contributed by atoms with Gasteiger partial charge in [0.2, 0.25) is 0 Å². The van der Waals surface area contributed by atoms with Gasteiger partial charge < -0.3 is 4.74 Å². The molecule has 0 atom stereocenters. The summed E-state index contributed by atoms with van der Waals surface area (Å²) in [6.07, 6.45) is 4.69. The van der Waals surface area contributed by atoms with Crippen molar-refractivity contribution in [2.75, 3.05) is 0 Å². The van der Waals surface area contributed by atoms with Crippen molar-refractivity contribution in [2.24, 2.45) is 0 Å². The normalized spacial score (nSPS) is 10.5. The van der Waals surface area contributed by atoms with Gasteiger partial charge >= 0.3 is 0 Å². The van der Waals surface area contributed by atoms with Gasteiger partial charge in [-0.25, -0.2) is 0 Å². The minimum Gasteiger partial charge on any atom is -0.486 e. The quantitative estimate of drug-likeness (QED) is 0.812. The lowest BCUT2D eigenvalue weighted by atomic mass is 10.2. The van der Waals surface area contributed by atoms with E-state index >= 15 is 0 Å². The van der Waals surface area contributed by atoms with Crippen LogP contribution in [0.1, 0.15) is 18.9 Å². The van der Waals surface area contributed by atoms with E-state index in [2.05, 4.69) is 12.0 Å². The Kier molecular flexibility index (Phi) is 4.04. The van der Waals surface area contributed by atoms with Crippen LogP contribution in [0.15, 0.2) is 36.7 Å². The van der Waals surface area contributed by atoms with Gasteiger partial charge in [-0.1, -0.05) is 36.7 Å². The first kappa shape index (κ1) is 12.0. The highest BCUT2D eigenvalue weighted by molar-refractivity contribution is 6.31. The van der Waals surface area contributed by atoms with Gasteiger partial charge in [0.1, 0.15) is 6.61 Å². The molecule has 3 nitrogen and oxygen atoms in total. The van der Waals surface area contributed by atoms with Crippen molar-refractivity contribution in [1.82, 2.24) is 9.78 Å². The molecule has 0 fully saturated rings. The minimum atomic E-state index is 0.470. The lowest BCUT2D eigenvalue weighted by Gasteiger charge is -2.04. The van der Waals surface area contributed by atoms with Gasteiger partial charge in [-0.2, -0.15) is 5.10 Å². The molecule has 1 aromatic carbocycles. The lowest BCUT2D eigenvalue weighted by Crippen LogP contribution is -1.97. The van der Waals surface area contributed by atoms with Crippen LogP contribution >= 0.6 is 11.6 Å². The van der Waals surface area contributed by atoms with E-state index in [4.69, 9.17) is 16.3 Å². The molecule has 2 rings (SSSR count). The van der Waals surface area contributed by atoms with Crippen LogP contribution in [0, 0.1) is 0 Å². The predicted octanol–water partition coefficient (Wildman–Crippen LogP) is 3.53. The molecule has 0 aliphatic heterocycles. The van der Waals surface area contributed by atoms with Crippen LogP contribution in [-0.2, 0) is 13.2 Å². The second-order valence-corrected chi connectivity index (χ2v) is 4.23. The summed E-state index contributed by atoms with van der Waals surface area (Å²) in [5.74, 6) is 0.776. The Morgan fingerprint density at radius 1 is 1.35 bits per heavy atom. The second-order valence-electron chi connectivity index (χ2n) is 3.82. The molecule has 0 spiro atoms. The molecular formula is C13H15ClN2O. The van der Waals surface area contributed by atoms with Crippen LogP contribution in [0.5, 0.6) is 5.75 Å². The molecule has 0 amide bonds. The zero-order valence-electron chi connectivity index (χ0n) is 9.77. The number of aromatic nitrogens is 2. The SMILES string of the molecule is CCCn1cc(OCc2ccccc2Cl)cn1. The van der Waals surface area contributed by atoms with Gasteiger partial charge in [0.25, 0.3) is 0 Å². The maximum Gasteiger partial charge on any atom is 0.157 e. The summed E-state index contributed by atoms with van der Waals surface area (Å²) in [5.41, 5.74) is 0.984. The molecule has 0 radical (unpaired) electrons. The van der Waals surface area contributed by atoms with Crippen LogP contribution in [-0.4, -0.2) is 9.78 Å². The van der Waals surface area contributed by atoms with Crippen molar-refractivity contribution < 1.29 is 4.74 Å². The predicted molar refractivity (Wildman–Crippen MR) is 68.3 cm³/mol. The lowest BCUT2D eigenvalue weighted by molar-refractivity contribution is 0.306. The molecule has 0 aliphatic rings. The second kappa shape index (κ2) is 5.73. The van der Waals surface area contributed by atoms with E-state index in [0.717, 1.165) is 29.3 Å². The summed E-state index contributed by atoms with van der Waals surface area (Å²) in [7, 11) is 0. The van der Waals surface area contributed by atoms with Crippen LogP contribution in [0.4, 0.5) is 0 Å². The van der Waals surface area contributed by atoms with Crippen molar-refractivity contribution in [2.45, 2.75) is 26.5 Å². The smallest absolute Gasteiger partial charge is 0.157 e. The molecule has 0 saturated heterocycles. The third-order valence-electron chi connectivity index (χ3n) is 2.41. The van der Waals surface area contributed by atoms with Crippen molar-refractivity contribution in [3.05, 3.63) is 47.2 Å². The topological polar surface area (TPSA) is 27.1 Å². The van der Waals surface area contributed by atoms with Crippen LogP contribution in [0.2, 0.25) is 5.02 Å². The standard InChI is InChI=1S/C13H15ClN2O/c1-2-7-16-9-12(8-15-16)17-10-11-5-3-4-6-13(11)14/h3-6,8-9H,2,7,10H2,1H3. The molecule has 0 saturated carbocycles. The van der Waals surface area contributed by atoms with Crippen LogP contribution < -0.4 is 4.74 Å². The molecule has 1 aromatic heterocycles. The summed E-state index contributed by atoms with van der Waals surface area (Å²) < 4.78 is 7.51. The fourth-order valence-electron chi connectivity index (χ4n) is 1.55. The number of hydrogen-bond acceptors (Lipinski definition) is 2. The van der Waals surface area contributed by atoms with Crippen molar-refractivity contribution >= 4 is 11.6 Å². The summed E-state index contributed by atoms with van der Waals surface area (Å²) in [6, 6.07) is 7.68. The van der Waals surface area contributed by atoms with Gasteiger partial charge in [0, 0.05) is 17.1 Å². The number of halogens is 1. The zero-order valence-corrected chi connectivity index (χ0v) is 10.5. The molecule has 0 aliphatic carbocycles. The van der Waals surface area contributed by atoms with Gasteiger partial charge in [-0.15, -0.1) is 0 Å². The van der Waals surface area contributed by atoms with E-state index in [1.54, 1.807) is 6.20 Å². The van der Waals surface area contributed by atoms with Crippen molar-refractivity contribution in [1.29, 1.82) is 0 Å². The van der Waals surface area contributed by atoms with E-state index in [9.17, 15) is 0 Å². The highest BCUT2D eigenvalue weighted by Gasteiger charge is 2.02. The minimum absolute atomic E-state index is 0.470. The summed E-state index contributed by atoms with van der Waals surface area (Å²) in [5, 5.41) is 4.93. The highest BCUT2D eigenvalue weighted by atomic mass is 35.5. The molecule has 0 N–H and O–H groups in total. The van der Waals surface area contributed by atoms with Crippen LogP contribution in [0.3, 0.4) is 0 Å². The molecule has 90 valence electrons. The monoisotopic (exact) mass is 250 g/mol. The van der Waals surface area contributed by atoms with Gasteiger partial charge in [-0.05, 0) is 12.5 Å². The van der Waals surface area contributed by atoms with Gasteiger partial charge in [0.15, 0.2) is 5.75 Å². The Morgan fingerprint density at radius 2 is 2.18 bits per heavy atom. The Bertz CT molecular complexity index is 482. The number of ether oxygens (including phenoxy) is 1. The molecule has 1 heterocycles. The summed E-state index contributed by atoms with van der Waals surface area (Å²) in [6.45, 7) is 3.50. The largest absolute Gasteiger partial charge is 0.486 e. The Morgan fingerprint density at radius 3 is 2.94 bits per heavy atom. The number of rotatable bonds is 5. The number of benzene rings is 1. The summed E-state index contributed by atoms with van der Waals surface area (Å²) in [4.78, 5) is 0. The Hall–Kier alpha value is -1.48. The first-order valence-electron chi connectivity index (χ1n) is 5.68. The fourth-order valence-corrected chi connectivity index (χ4v) is 1.74. The molecule has 4 heteroatoms. The number of nitrogens with zero attached hydrogens (tertiary/aromatic N) is 2. The molecule has 0 bridgehead atoms. The average molecular weight is 251 g/mol. The van der Waals surface area contributed by atoms with E-state index in [0.29, 0.717) is 6.61 Å². The van der Waals surface area contributed by atoms with Crippen molar-refractivity contribution in [3.8, 4) is 5.75 Å². The molecule has 2 aromatic rings. The van der Waals surface area contributed by atoms with Crippen LogP contribution in [0.25, 0.3) is 0 Å². The average Bonchev–Trinajstić information content (AvgIpc) is 2.76. The molecule has 0 unspecified atom stereocenters. The van der Waals surface area contributed by atoms with E-state index in [1.807, 2.05) is 35.1 Å². The first-order chi connectivity index (χ1) is 8.29. The number of aryl methyl sites for hydroxylation is 1. The fraction of sp³-hybridized carbons (Fsp3) is 0.308. The van der Waals surface area contributed by atoms with E-state index in [1.165, 1.54) is 0 Å². The molecular weight excluding hydrogens is 236 g/mol. The van der Waals surface area contributed by atoms with E-state index < -0.39 is 0 Å². The maximum absolute atomic E-state index is 6.04. The van der Waals surface area contributed by atoms with Gasteiger partial charge in [0.05, 0.1) is 12.4 Å². The highest BCUT2D eigenvalue weighted by Crippen LogP contribution is 2.18. The van der Waals surface area contributed by atoms with E-state index in [-0.39, 0.29) is 0 Å². The first-order valence-corrected chi connectivity index (χ1v) is 6.06. The molecule has 17 heavy (non-hydrogen) atoms. The van der Waals surface area contributed by atoms with Gasteiger partial charge in [-0.3, -0.25) is 4.68 Å². The Labute approximate surface area is 106 Å². The third kappa shape index (κ3) is 3.24. The van der Waals surface area contributed by atoms with Crippen molar-refractivity contribution in [3.63, 3.8) is 0 Å². The number of hydrogen-bond donors (Lipinski definition) is 0. The summed E-state index contributed by atoms with van der Waals surface area (Å²) >= 11 is 6.04.